The van der Waals surface area contributed by atoms with Gasteiger partial charge in [-0.2, -0.15) is 0 Å². The molecule has 0 radical (unpaired) electrons. The summed E-state index contributed by atoms with van der Waals surface area (Å²) in [5.74, 6) is -1.43. The molecule has 0 fully saturated rings. The van der Waals surface area contributed by atoms with Gasteiger partial charge in [-0.15, -0.1) is 0 Å². The van der Waals surface area contributed by atoms with Gasteiger partial charge in [0.05, 0.1) is 11.3 Å². The van der Waals surface area contributed by atoms with Crippen molar-refractivity contribution in [2.45, 2.75) is 20.4 Å². The highest BCUT2D eigenvalue weighted by atomic mass is 16.5. The van der Waals surface area contributed by atoms with Gasteiger partial charge in [0.15, 0.2) is 6.61 Å². The van der Waals surface area contributed by atoms with Crippen LogP contribution in [0, 0.1) is 6.92 Å². The summed E-state index contributed by atoms with van der Waals surface area (Å²) in [7, 11) is 0. The standard InChI is InChI=1S/C21H22N2O4/c1-3-6-20(25)27-14-19(24)23-18-8-5-4-7-17(18)21(26)22-13-16-11-9-15(2)10-12-16/h3-12H,13-14H2,1-2H3,(H,22,26)(H,23,24)/b6-3+. The van der Waals surface area contributed by atoms with Gasteiger partial charge in [0, 0.05) is 12.6 Å². The van der Waals surface area contributed by atoms with Crippen LogP contribution in [-0.2, 0) is 20.9 Å². The molecule has 0 aromatic heterocycles. The Balaban J connectivity index is 1.97. The first-order chi connectivity index (χ1) is 13.0. The molecule has 0 heterocycles. The van der Waals surface area contributed by atoms with Crippen molar-refractivity contribution in [3.63, 3.8) is 0 Å². The lowest BCUT2D eigenvalue weighted by atomic mass is 10.1. The molecule has 27 heavy (non-hydrogen) atoms. The van der Waals surface area contributed by atoms with Gasteiger partial charge < -0.3 is 15.4 Å². The summed E-state index contributed by atoms with van der Waals surface area (Å²) in [4.78, 5) is 35.7. The number of esters is 1. The van der Waals surface area contributed by atoms with E-state index < -0.39 is 18.5 Å². The lowest BCUT2D eigenvalue weighted by Gasteiger charge is -2.11. The third-order valence-electron chi connectivity index (χ3n) is 3.67. The second kappa shape index (κ2) is 9.91. The van der Waals surface area contributed by atoms with Crippen LogP contribution in [0.15, 0.2) is 60.7 Å². The van der Waals surface area contributed by atoms with Crippen LogP contribution in [0.1, 0.15) is 28.4 Å². The second-order valence-corrected chi connectivity index (χ2v) is 5.87. The molecule has 2 amide bonds. The van der Waals surface area contributed by atoms with Crippen LogP contribution in [0.2, 0.25) is 0 Å². The summed E-state index contributed by atoms with van der Waals surface area (Å²) in [6.07, 6.45) is 2.74. The molecule has 0 aliphatic rings. The van der Waals surface area contributed by atoms with Gasteiger partial charge in [-0.05, 0) is 31.5 Å². The van der Waals surface area contributed by atoms with E-state index in [0.717, 1.165) is 11.1 Å². The van der Waals surface area contributed by atoms with E-state index in [1.165, 1.54) is 12.2 Å². The molecule has 2 aromatic rings. The first kappa shape index (κ1) is 19.9. The van der Waals surface area contributed by atoms with Gasteiger partial charge in [-0.3, -0.25) is 9.59 Å². The van der Waals surface area contributed by atoms with Crippen LogP contribution in [0.4, 0.5) is 5.69 Å². The van der Waals surface area contributed by atoms with Crippen molar-refractivity contribution in [3.05, 3.63) is 77.4 Å². The molecule has 0 saturated carbocycles. The Morgan fingerprint density at radius 3 is 2.44 bits per heavy atom. The minimum absolute atomic E-state index is 0.308. The smallest absolute Gasteiger partial charge is 0.330 e. The van der Waals surface area contributed by atoms with Crippen molar-refractivity contribution in [1.82, 2.24) is 5.32 Å². The average molecular weight is 366 g/mol. The third-order valence-corrected chi connectivity index (χ3v) is 3.67. The Morgan fingerprint density at radius 1 is 1.04 bits per heavy atom. The molecular weight excluding hydrogens is 344 g/mol. The minimum atomic E-state index is -0.600. The maximum Gasteiger partial charge on any atom is 0.330 e. The van der Waals surface area contributed by atoms with Crippen molar-refractivity contribution in [2.75, 3.05) is 11.9 Å². The number of carbonyl (C=O) groups is 3. The zero-order chi connectivity index (χ0) is 19.6. The molecule has 2 N–H and O–H groups in total. The number of hydrogen-bond donors (Lipinski definition) is 2. The van der Waals surface area contributed by atoms with E-state index in [-0.39, 0.29) is 5.91 Å². The van der Waals surface area contributed by atoms with Gasteiger partial charge in [0.25, 0.3) is 11.8 Å². The van der Waals surface area contributed by atoms with Gasteiger partial charge in [-0.1, -0.05) is 48.0 Å². The fourth-order valence-electron chi connectivity index (χ4n) is 2.28. The van der Waals surface area contributed by atoms with E-state index in [4.69, 9.17) is 4.74 Å². The molecular formula is C21H22N2O4. The highest BCUT2D eigenvalue weighted by Gasteiger charge is 2.13. The number of benzene rings is 2. The molecule has 0 spiro atoms. The number of nitrogens with one attached hydrogen (secondary N) is 2. The highest BCUT2D eigenvalue weighted by molar-refractivity contribution is 6.04. The molecule has 0 atom stereocenters. The number of anilines is 1. The second-order valence-electron chi connectivity index (χ2n) is 5.87. The normalized spacial score (nSPS) is 10.4. The number of amides is 2. The Hall–Kier alpha value is -3.41. The molecule has 140 valence electrons. The summed E-state index contributed by atoms with van der Waals surface area (Å²) in [6, 6.07) is 14.5. The Kier molecular flexibility index (Phi) is 7.31. The van der Waals surface area contributed by atoms with Gasteiger partial charge >= 0.3 is 5.97 Å². The lowest BCUT2D eigenvalue weighted by molar-refractivity contribution is -0.142. The predicted octanol–water partition coefficient (Wildman–Crippen LogP) is 2.98. The predicted molar refractivity (Wildman–Crippen MR) is 103 cm³/mol. The number of hydrogen-bond acceptors (Lipinski definition) is 4. The summed E-state index contributed by atoms with van der Waals surface area (Å²) < 4.78 is 4.79. The maximum atomic E-state index is 12.5. The van der Waals surface area contributed by atoms with Crippen molar-refractivity contribution >= 4 is 23.5 Å². The van der Waals surface area contributed by atoms with E-state index in [2.05, 4.69) is 10.6 Å². The van der Waals surface area contributed by atoms with Crippen LogP contribution in [0.25, 0.3) is 0 Å². The molecule has 0 saturated heterocycles. The van der Waals surface area contributed by atoms with E-state index in [1.807, 2.05) is 31.2 Å². The molecule has 2 rings (SSSR count). The number of rotatable bonds is 7. The van der Waals surface area contributed by atoms with Crippen molar-refractivity contribution < 1.29 is 19.1 Å². The highest BCUT2D eigenvalue weighted by Crippen LogP contribution is 2.15. The average Bonchev–Trinajstić information content (AvgIpc) is 2.66. The Labute approximate surface area is 158 Å². The zero-order valence-corrected chi connectivity index (χ0v) is 15.3. The lowest BCUT2D eigenvalue weighted by Crippen LogP contribution is -2.26. The summed E-state index contributed by atoms with van der Waals surface area (Å²) in [5.41, 5.74) is 2.81. The largest absolute Gasteiger partial charge is 0.452 e. The summed E-state index contributed by atoms with van der Waals surface area (Å²) >= 11 is 0. The van der Waals surface area contributed by atoms with Gasteiger partial charge in [0.1, 0.15) is 0 Å². The van der Waals surface area contributed by atoms with E-state index in [9.17, 15) is 14.4 Å². The molecule has 2 aromatic carbocycles. The molecule has 0 unspecified atom stereocenters. The van der Waals surface area contributed by atoms with Crippen LogP contribution < -0.4 is 10.6 Å². The Morgan fingerprint density at radius 2 is 1.74 bits per heavy atom. The molecule has 6 nitrogen and oxygen atoms in total. The first-order valence-electron chi connectivity index (χ1n) is 8.51. The topological polar surface area (TPSA) is 84.5 Å². The summed E-state index contributed by atoms with van der Waals surface area (Å²) in [5, 5.41) is 5.42. The first-order valence-corrected chi connectivity index (χ1v) is 8.51. The SMILES string of the molecule is C/C=C/C(=O)OCC(=O)Nc1ccccc1C(=O)NCc1ccc(C)cc1. The number of ether oxygens (including phenoxy) is 1. The number of allylic oxidation sites excluding steroid dienone is 1. The fraction of sp³-hybridized carbons (Fsp3) is 0.190. The number of para-hydroxylation sites is 1. The van der Waals surface area contributed by atoms with Crippen molar-refractivity contribution in [2.24, 2.45) is 0 Å². The summed E-state index contributed by atoms with van der Waals surface area (Å²) in [6.45, 7) is 3.62. The van der Waals surface area contributed by atoms with Crippen molar-refractivity contribution in [3.8, 4) is 0 Å². The molecule has 0 bridgehead atoms. The number of carbonyl (C=O) groups excluding carboxylic acids is 3. The number of aryl methyl sites for hydroxylation is 1. The van der Waals surface area contributed by atoms with Gasteiger partial charge in [0.2, 0.25) is 0 Å². The molecule has 0 aliphatic heterocycles. The monoisotopic (exact) mass is 366 g/mol. The quantitative estimate of drug-likeness (QED) is 0.583. The Bertz CT molecular complexity index is 842. The van der Waals surface area contributed by atoms with Crippen molar-refractivity contribution in [1.29, 1.82) is 0 Å². The molecule has 6 heteroatoms. The molecule has 0 aliphatic carbocycles. The van der Waals surface area contributed by atoms with Crippen LogP contribution in [0.5, 0.6) is 0 Å². The minimum Gasteiger partial charge on any atom is -0.452 e. The maximum absolute atomic E-state index is 12.5. The zero-order valence-electron chi connectivity index (χ0n) is 15.3. The van der Waals surface area contributed by atoms with Crippen LogP contribution in [-0.4, -0.2) is 24.4 Å². The third kappa shape index (κ3) is 6.43. The van der Waals surface area contributed by atoms with E-state index in [1.54, 1.807) is 31.2 Å². The van der Waals surface area contributed by atoms with Crippen LogP contribution >= 0.6 is 0 Å². The van der Waals surface area contributed by atoms with E-state index in [0.29, 0.717) is 17.8 Å². The van der Waals surface area contributed by atoms with E-state index >= 15 is 0 Å². The van der Waals surface area contributed by atoms with Gasteiger partial charge in [-0.25, -0.2) is 4.79 Å². The fourth-order valence-corrected chi connectivity index (χ4v) is 2.28. The van der Waals surface area contributed by atoms with Crippen LogP contribution in [0.3, 0.4) is 0 Å².